The summed E-state index contributed by atoms with van der Waals surface area (Å²) >= 11 is 0. The first-order valence-corrected chi connectivity index (χ1v) is 11.3. The van der Waals surface area contributed by atoms with Gasteiger partial charge in [0.1, 0.15) is 5.75 Å². The largest absolute Gasteiger partial charge is 0.494 e. The molecule has 2 amide bonds. The van der Waals surface area contributed by atoms with E-state index in [0.29, 0.717) is 18.2 Å². The fraction of sp³-hybridized carbons (Fsp3) is 0.652. The van der Waals surface area contributed by atoms with E-state index < -0.39 is 0 Å². The van der Waals surface area contributed by atoms with Crippen molar-refractivity contribution in [3.05, 3.63) is 29.8 Å². The van der Waals surface area contributed by atoms with Gasteiger partial charge in [0.25, 0.3) is 5.91 Å². The molecule has 0 bridgehead atoms. The number of likely N-dealkylation sites (N-methyl/N-ethyl adjacent to an activating group) is 1. The molecule has 2 fully saturated rings. The van der Waals surface area contributed by atoms with E-state index in [0.717, 1.165) is 51.3 Å². The lowest BCUT2D eigenvalue weighted by Gasteiger charge is -2.42. The smallest absolute Gasteiger partial charge is 0.251 e. The van der Waals surface area contributed by atoms with Gasteiger partial charge in [0.05, 0.1) is 13.2 Å². The third kappa shape index (κ3) is 6.44. The number of amides is 2. The van der Waals surface area contributed by atoms with Gasteiger partial charge in [-0.3, -0.25) is 14.5 Å². The van der Waals surface area contributed by atoms with E-state index in [1.54, 1.807) is 24.3 Å². The van der Waals surface area contributed by atoms with Gasteiger partial charge in [0, 0.05) is 44.3 Å². The summed E-state index contributed by atoms with van der Waals surface area (Å²) in [5.74, 6) is 0.522. The summed E-state index contributed by atoms with van der Waals surface area (Å²) < 4.78 is 5.62. The first-order valence-electron chi connectivity index (χ1n) is 11.3. The lowest BCUT2D eigenvalue weighted by Crippen LogP contribution is -2.56. The first kappa shape index (κ1) is 22.6. The van der Waals surface area contributed by atoms with Crippen molar-refractivity contribution in [3.8, 4) is 5.75 Å². The monoisotopic (exact) mass is 416 g/mol. The Labute approximate surface area is 180 Å². The van der Waals surface area contributed by atoms with Gasteiger partial charge in [-0.2, -0.15) is 0 Å². The highest BCUT2D eigenvalue weighted by Crippen LogP contribution is 2.17. The van der Waals surface area contributed by atoms with Crippen LogP contribution in [0.4, 0.5) is 0 Å². The van der Waals surface area contributed by atoms with Crippen molar-refractivity contribution in [2.45, 2.75) is 38.6 Å². The van der Waals surface area contributed by atoms with E-state index in [9.17, 15) is 9.59 Å². The van der Waals surface area contributed by atoms with Crippen molar-refractivity contribution in [2.75, 3.05) is 59.5 Å². The minimum Gasteiger partial charge on any atom is -0.494 e. The second-order valence-electron chi connectivity index (χ2n) is 8.38. The summed E-state index contributed by atoms with van der Waals surface area (Å²) in [6.07, 6.45) is 4.59. The number of hydrogen-bond donors (Lipinski definition) is 1. The van der Waals surface area contributed by atoms with Crippen LogP contribution in [-0.4, -0.2) is 92.0 Å². The molecule has 2 aliphatic rings. The molecule has 0 radical (unpaired) electrons. The number of hydrogen-bond acceptors (Lipinski definition) is 5. The van der Waals surface area contributed by atoms with Crippen LogP contribution < -0.4 is 10.1 Å². The molecule has 0 saturated carbocycles. The maximum atomic E-state index is 12.5. The number of benzene rings is 1. The summed E-state index contributed by atoms with van der Waals surface area (Å²) in [7, 11) is 2.18. The molecule has 0 aliphatic carbocycles. The van der Waals surface area contributed by atoms with Crippen LogP contribution in [0.5, 0.6) is 5.75 Å². The Morgan fingerprint density at radius 1 is 1.10 bits per heavy atom. The van der Waals surface area contributed by atoms with Gasteiger partial charge in [-0.05, 0) is 57.1 Å². The number of carbonyl (C=O) groups is 2. The number of likely N-dealkylation sites (tertiary alicyclic amines) is 1. The summed E-state index contributed by atoms with van der Waals surface area (Å²) in [5.41, 5.74) is 0.539. The van der Waals surface area contributed by atoms with Gasteiger partial charge in [-0.25, -0.2) is 0 Å². The molecule has 166 valence electrons. The average Bonchev–Trinajstić information content (AvgIpc) is 2.78. The number of piperidine rings is 1. The summed E-state index contributed by atoms with van der Waals surface area (Å²) in [6.45, 7) is 8.44. The number of carbonyl (C=O) groups excluding carboxylic acids is 2. The summed E-state index contributed by atoms with van der Waals surface area (Å²) in [4.78, 5) is 31.7. The molecule has 0 aromatic heterocycles. The number of nitrogens with one attached hydrogen (secondary N) is 1. The molecule has 7 heteroatoms. The molecule has 7 nitrogen and oxygen atoms in total. The minimum absolute atomic E-state index is 0.0109. The van der Waals surface area contributed by atoms with Crippen LogP contribution in [0.15, 0.2) is 24.3 Å². The van der Waals surface area contributed by atoms with E-state index in [2.05, 4.69) is 29.1 Å². The van der Waals surface area contributed by atoms with Crippen molar-refractivity contribution in [1.82, 2.24) is 20.0 Å². The normalized spacial score (nSPS) is 20.7. The highest BCUT2D eigenvalue weighted by atomic mass is 16.5. The Bertz CT molecular complexity index is 686. The Kier molecular flexibility index (Phi) is 8.51. The van der Waals surface area contributed by atoms with Gasteiger partial charge in [-0.15, -0.1) is 0 Å². The number of piperazine rings is 1. The van der Waals surface area contributed by atoms with Crippen molar-refractivity contribution in [3.63, 3.8) is 0 Å². The fourth-order valence-corrected chi connectivity index (χ4v) is 4.18. The van der Waals surface area contributed by atoms with Gasteiger partial charge in [0.15, 0.2) is 0 Å². The van der Waals surface area contributed by atoms with Crippen LogP contribution in [0.25, 0.3) is 0 Å². The van der Waals surface area contributed by atoms with Crippen LogP contribution in [0.3, 0.4) is 0 Å². The molecule has 2 saturated heterocycles. The van der Waals surface area contributed by atoms with Crippen molar-refractivity contribution < 1.29 is 14.3 Å². The highest BCUT2D eigenvalue weighted by Gasteiger charge is 2.28. The van der Waals surface area contributed by atoms with E-state index in [-0.39, 0.29) is 18.4 Å². The molecule has 30 heavy (non-hydrogen) atoms. The topological polar surface area (TPSA) is 65.1 Å². The standard InChI is InChI=1S/C23H36N4O3/c1-3-4-16-30-21-9-7-19(8-10-21)23(29)24-17-22(28)27-14-12-26(13-15-27)20-6-5-11-25(2)18-20/h7-10,20H,3-6,11-18H2,1-2H3,(H,24,29). The zero-order chi connectivity index (χ0) is 21.3. The summed E-state index contributed by atoms with van der Waals surface area (Å²) in [5, 5.41) is 2.76. The Morgan fingerprint density at radius 2 is 1.83 bits per heavy atom. The van der Waals surface area contributed by atoms with Gasteiger partial charge in [-0.1, -0.05) is 13.3 Å². The number of nitrogens with zero attached hydrogens (tertiary/aromatic N) is 3. The SMILES string of the molecule is CCCCOc1ccc(C(=O)NCC(=O)N2CCN(C3CCCN(C)C3)CC2)cc1. The average molecular weight is 417 g/mol. The van der Waals surface area contributed by atoms with Crippen molar-refractivity contribution in [1.29, 1.82) is 0 Å². The lowest BCUT2D eigenvalue weighted by atomic mass is 10.0. The molecule has 2 heterocycles. The molecule has 1 atom stereocenters. The van der Waals surface area contributed by atoms with Crippen molar-refractivity contribution >= 4 is 11.8 Å². The quantitative estimate of drug-likeness (QED) is 0.655. The third-order valence-electron chi connectivity index (χ3n) is 6.07. The lowest BCUT2D eigenvalue weighted by molar-refractivity contribution is -0.132. The van der Waals surface area contributed by atoms with E-state index in [4.69, 9.17) is 4.74 Å². The van der Waals surface area contributed by atoms with Crippen LogP contribution in [0.1, 0.15) is 43.0 Å². The molecule has 3 rings (SSSR count). The van der Waals surface area contributed by atoms with Crippen LogP contribution >= 0.6 is 0 Å². The highest BCUT2D eigenvalue weighted by molar-refractivity contribution is 5.96. The van der Waals surface area contributed by atoms with E-state index >= 15 is 0 Å². The Balaban J connectivity index is 1.38. The molecular weight excluding hydrogens is 380 g/mol. The third-order valence-corrected chi connectivity index (χ3v) is 6.07. The Morgan fingerprint density at radius 3 is 2.50 bits per heavy atom. The maximum absolute atomic E-state index is 12.5. The molecular formula is C23H36N4O3. The van der Waals surface area contributed by atoms with Crippen molar-refractivity contribution in [2.24, 2.45) is 0 Å². The summed E-state index contributed by atoms with van der Waals surface area (Å²) in [6, 6.07) is 7.68. The number of ether oxygens (including phenoxy) is 1. The van der Waals surface area contributed by atoms with Crippen LogP contribution in [0, 0.1) is 0 Å². The van der Waals surface area contributed by atoms with E-state index in [1.165, 1.54) is 19.4 Å². The molecule has 1 aromatic carbocycles. The number of rotatable bonds is 8. The second kappa shape index (κ2) is 11.3. The molecule has 1 N–H and O–H groups in total. The molecule has 1 aromatic rings. The molecule has 0 spiro atoms. The molecule has 2 aliphatic heterocycles. The predicted molar refractivity (Wildman–Crippen MR) is 118 cm³/mol. The van der Waals surface area contributed by atoms with Crippen LogP contribution in [-0.2, 0) is 4.79 Å². The first-order chi connectivity index (χ1) is 14.6. The Hall–Kier alpha value is -2.12. The van der Waals surface area contributed by atoms with E-state index in [1.807, 2.05) is 4.90 Å². The number of unbranched alkanes of at least 4 members (excludes halogenated alkanes) is 1. The maximum Gasteiger partial charge on any atom is 0.251 e. The predicted octanol–water partition coefficient (Wildman–Crippen LogP) is 1.83. The zero-order valence-electron chi connectivity index (χ0n) is 18.4. The van der Waals surface area contributed by atoms with Gasteiger partial charge < -0.3 is 19.9 Å². The fourth-order valence-electron chi connectivity index (χ4n) is 4.18. The zero-order valence-corrected chi connectivity index (χ0v) is 18.4. The molecule has 1 unspecified atom stereocenters. The van der Waals surface area contributed by atoms with Gasteiger partial charge >= 0.3 is 0 Å². The van der Waals surface area contributed by atoms with Gasteiger partial charge in [0.2, 0.25) is 5.91 Å². The van der Waals surface area contributed by atoms with Crippen LogP contribution in [0.2, 0.25) is 0 Å². The minimum atomic E-state index is -0.229. The second-order valence-corrected chi connectivity index (χ2v) is 8.38.